The Bertz CT molecular complexity index is 1220. The highest BCUT2D eigenvalue weighted by Gasteiger charge is 2.25. The zero-order chi connectivity index (χ0) is 23.8. The van der Waals surface area contributed by atoms with Gasteiger partial charge in [0.15, 0.2) is 10.8 Å². The third kappa shape index (κ3) is 5.80. The number of rotatable bonds is 11. The number of nitrogens with zero attached hydrogens (tertiary/aromatic N) is 5. The van der Waals surface area contributed by atoms with E-state index in [9.17, 15) is 14.4 Å². The van der Waals surface area contributed by atoms with Crippen LogP contribution >= 0.6 is 11.8 Å². The quantitative estimate of drug-likeness (QED) is 0.324. The number of H-pyrrole nitrogens is 1. The Kier molecular flexibility index (Phi) is 8.25. The molecule has 0 bridgehead atoms. The van der Waals surface area contributed by atoms with Gasteiger partial charge in [0.25, 0.3) is 5.56 Å². The van der Waals surface area contributed by atoms with Gasteiger partial charge in [0.1, 0.15) is 12.1 Å². The van der Waals surface area contributed by atoms with Gasteiger partial charge in [-0.25, -0.2) is 4.79 Å². The molecule has 0 atom stereocenters. The predicted molar refractivity (Wildman–Crippen MR) is 129 cm³/mol. The molecule has 0 aliphatic heterocycles. The highest BCUT2D eigenvalue weighted by molar-refractivity contribution is 7.99. The maximum absolute atomic E-state index is 13.4. The first kappa shape index (κ1) is 24.1. The Morgan fingerprint density at radius 2 is 2.06 bits per heavy atom. The van der Waals surface area contributed by atoms with Gasteiger partial charge in [0, 0.05) is 13.1 Å². The molecule has 33 heavy (non-hydrogen) atoms. The number of hydrogen-bond acceptors (Lipinski definition) is 7. The number of nitrogen functional groups attached to an aromatic ring is 1. The van der Waals surface area contributed by atoms with Crippen LogP contribution in [-0.4, -0.2) is 36.0 Å². The van der Waals surface area contributed by atoms with Crippen LogP contribution in [0.3, 0.4) is 0 Å². The summed E-state index contributed by atoms with van der Waals surface area (Å²) < 4.78 is 3.07. The molecule has 3 rings (SSSR count). The molecule has 10 nitrogen and oxygen atoms in total. The molecule has 1 amide bonds. The fraction of sp³-hybridized carbons (Fsp3) is 0.318. The Labute approximate surface area is 195 Å². The van der Waals surface area contributed by atoms with Gasteiger partial charge < -0.3 is 10.3 Å². The third-order valence-electron chi connectivity index (χ3n) is 4.93. The number of thioether (sulfide) groups is 1. The van der Waals surface area contributed by atoms with E-state index >= 15 is 0 Å². The first-order chi connectivity index (χ1) is 16.0. The number of allylic oxidation sites excluding steroid dienone is 1. The molecular formula is C22H27N7O3S. The van der Waals surface area contributed by atoms with Gasteiger partial charge in [-0.1, -0.05) is 61.5 Å². The molecule has 174 valence electrons. The zero-order valence-electron chi connectivity index (χ0n) is 18.4. The second-order valence-electron chi connectivity index (χ2n) is 7.31. The summed E-state index contributed by atoms with van der Waals surface area (Å²) >= 11 is 1.20. The van der Waals surface area contributed by atoms with Crippen LogP contribution in [0.4, 0.5) is 11.5 Å². The number of aromatic amines is 1. The molecule has 0 unspecified atom stereocenters. The molecule has 11 heteroatoms. The highest BCUT2D eigenvalue weighted by atomic mass is 32.2. The van der Waals surface area contributed by atoms with E-state index in [-0.39, 0.29) is 29.7 Å². The second-order valence-corrected chi connectivity index (χ2v) is 8.25. The lowest BCUT2D eigenvalue weighted by Crippen LogP contribution is -2.41. The van der Waals surface area contributed by atoms with E-state index < -0.39 is 11.2 Å². The molecule has 2 heterocycles. The van der Waals surface area contributed by atoms with E-state index in [1.165, 1.54) is 21.2 Å². The number of anilines is 2. The largest absolute Gasteiger partial charge is 0.383 e. The van der Waals surface area contributed by atoms with Crippen LogP contribution in [0.5, 0.6) is 0 Å². The van der Waals surface area contributed by atoms with Crippen LogP contribution in [0.25, 0.3) is 0 Å². The maximum atomic E-state index is 13.4. The van der Waals surface area contributed by atoms with E-state index in [4.69, 9.17) is 5.73 Å². The minimum atomic E-state index is -0.700. The van der Waals surface area contributed by atoms with Gasteiger partial charge in [-0.05, 0) is 12.0 Å². The Balaban J connectivity index is 1.97. The summed E-state index contributed by atoms with van der Waals surface area (Å²) in [6.07, 6.45) is 4.81. The number of benzene rings is 1. The van der Waals surface area contributed by atoms with Crippen molar-refractivity contribution in [2.75, 3.05) is 16.4 Å². The maximum Gasteiger partial charge on any atom is 0.330 e. The van der Waals surface area contributed by atoms with Crippen LogP contribution < -0.4 is 21.9 Å². The molecular weight excluding hydrogens is 442 g/mol. The SMILES string of the molecule is C=CCn1cnnc1SCC(=O)N(Cc1ccccc1)c1c(N)n(CCCC)c(=O)[nH]c1=O. The molecule has 1 aromatic carbocycles. The van der Waals surface area contributed by atoms with Crippen molar-refractivity contribution in [1.82, 2.24) is 24.3 Å². The van der Waals surface area contributed by atoms with E-state index in [0.717, 1.165) is 12.0 Å². The Hall–Kier alpha value is -3.60. The molecule has 3 N–H and O–H groups in total. The smallest absolute Gasteiger partial charge is 0.330 e. The van der Waals surface area contributed by atoms with E-state index in [2.05, 4.69) is 21.8 Å². The summed E-state index contributed by atoms with van der Waals surface area (Å²) in [6, 6.07) is 9.27. The molecule has 3 aromatic rings. The Morgan fingerprint density at radius 1 is 1.30 bits per heavy atom. The van der Waals surface area contributed by atoms with Crippen LogP contribution in [0.2, 0.25) is 0 Å². The number of amides is 1. The van der Waals surface area contributed by atoms with Crippen molar-refractivity contribution in [2.45, 2.75) is 44.6 Å². The average Bonchev–Trinajstić information content (AvgIpc) is 3.24. The standard InChI is InChI=1S/C22H27N7O3S/c1-3-5-12-28-19(23)18(20(31)25-21(28)32)29(13-16-9-7-6-8-10-16)17(30)14-33-22-26-24-15-27(22)11-4-2/h4,6-10,15H,2-3,5,11-14,23H2,1H3,(H,25,31,32). The summed E-state index contributed by atoms with van der Waals surface area (Å²) in [5.41, 5.74) is 5.77. The lowest BCUT2D eigenvalue weighted by molar-refractivity contribution is -0.116. The average molecular weight is 470 g/mol. The normalized spacial score (nSPS) is 10.8. The van der Waals surface area contributed by atoms with Gasteiger partial charge in [-0.3, -0.25) is 24.0 Å². The third-order valence-corrected chi connectivity index (χ3v) is 5.90. The molecule has 2 aromatic heterocycles. The van der Waals surface area contributed by atoms with Crippen molar-refractivity contribution in [3.05, 3.63) is 75.7 Å². The number of nitrogens with two attached hydrogens (primary N) is 1. The van der Waals surface area contributed by atoms with Gasteiger partial charge >= 0.3 is 5.69 Å². The first-order valence-electron chi connectivity index (χ1n) is 10.5. The Morgan fingerprint density at radius 3 is 2.76 bits per heavy atom. The molecule has 0 radical (unpaired) electrons. The van der Waals surface area contributed by atoms with E-state index in [0.29, 0.717) is 24.7 Å². The minimum Gasteiger partial charge on any atom is -0.383 e. The van der Waals surface area contributed by atoms with E-state index in [1.54, 1.807) is 17.0 Å². The topological polar surface area (TPSA) is 132 Å². The lowest BCUT2D eigenvalue weighted by Gasteiger charge is -2.24. The van der Waals surface area contributed by atoms with Crippen LogP contribution in [0.1, 0.15) is 25.3 Å². The first-order valence-corrected chi connectivity index (χ1v) is 11.5. The highest BCUT2D eigenvalue weighted by Crippen LogP contribution is 2.23. The van der Waals surface area contributed by atoms with Crippen molar-refractivity contribution in [3.63, 3.8) is 0 Å². The number of carbonyl (C=O) groups excluding carboxylic acids is 1. The lowest BCUT2D eigenvalue weighted by atomic mass is 10.2. The summed E-state index contributed by atoms with van der Waals surface area (Å²) in [5, 5.41) is 8.46. The van der Waals surface area contributed by atoms with Gasteiger partial charge in [-0.15, -0.1) is 16.8 Å². The fourth-order valence-corrected chi connectivity index (χ4v) is 4.06. The number of hydrogen-bond donors (Lipinski definition) is 2. The van der Waals surface area contributed by atoms with Gasteiger partial charge in [0.05, 0.1) is 12.3 Å². The number of nitrogens with one attached hydrogen (secondary N) is 1. The molecule has 0 saturated carbocycles. The molecule has 0 fully saturated rings. The number of carbonyl (C=O) groups is 1. The van der Waals surface area contributed by atoms with Gasteiger partial charge in [-0.2, -0.15) is 0 Å². The summed E-state index contributed by atoms with van der Waals surface area (Å²) in [6.45, 7) is 6.66. The van der Waals surface area contributed by atoms with Crippen LogP contribution in [0, 0.1) is 0 Å². The summed E-state index contributed by atoms with van der Waals surface area (Å²) in [7, 11) is 0. The monoisotopic (exact) mass is 469 g/mol. The van der Waals surface area contributed by atoms with E-state index in [1.807, 2.05) is 37.3 Å². The molecule has 0 aliphatic rings. The van der Waals surface area contributed by atoms with Crippen LogP contribution in [0.15, 0.2) is 64.1 Å². The summed E-state index contributed by atoms with van der Waals surface area (Å²) in [5.74, 6) is -0.383. The fourth-order valence-electron chi connectivity index (χ4n) is 3.26. The van der Waals surface area contributed by atoms with Crippen molar-refractivity contribution in [1.29, 1.82) is 0 Å². The van der Waals surface area contributed by atoms with Crippen molar-refractivity contribution < 1.29 is 4.79 Å². The van der Waals surface area contributed by atoms with Crippen molar-refractivity contribution >= 4 is 29.2 Å². The second kappa shape index (κ2) is 11.3. The number of aromatic nitrogens is 5. The summed E-state index contributed by atoms with van der Waals surface area (Å²) in [4.78, 5) is 42.1. The minimum absolute atomic E-state index is 0.00433. The predicted octanol–water partition coefficient (Wildman–Crippen LogP) is 2.02. The molecule has 0 spiro atoms. The molecule has 0 saturated heterocycles. The van der Waals surface area contributed by atoms with Gasteiger partial charge in [0.2, 0.25) is 5.91 Å². The number of unbranched alkanes of at least 4 members (excludes halogenated alkanes) is 1. The van der Waals surface area contributed by atoms with Crippen molar-refractivity contribution in [3.8, 4) is 0 Å². The molecule has 0 aliphatic carbocycles. The zero-order valence-corrected chi connectivity index (χ0v) is 19.3. The van der Waals surface area contributed by atoms with Crippen LogP contribution in [-0.2, 0) is 24.4 Å². The van der Waals surface area contributed by atoms with Crippen molar-refractivity contribution in [2.24, 2.45) is 0 Å².